The summed E-state index contributed by atoms with van der Waals surface area (Å²) in [4.78, 5) is 20.0. The minimum Gasteiger partial charge on any atom is -0.454 e. The summed E-state index contributed by atoms with van der Waals surface area (Å²) in [5, 5.41) is -0.298. The molecule has 1 aromatic carbocycles. The number of hydrogen-bond acceptors (Lipinski definition) is 4. The Labute approximate surface area is 140 Å². The number of esters is 1. The summed E-state index contributed by atoms with van der Waals surface area (Å²) in [5.74, 6) is -1.65. The molecule has 0 fully saturated rings. The van der Waals surface area contributed by atoms with E-state index in [4.69, 9.17) is 16.3 Å². The van der Waals surface area contributed by atoms with Gasteiger partial charge in [0.25, 0.3) is 6.43 Å². The Bertz CT molecular complexity index is 840. The highest BCUT2D eigenvalue weighted by Crippen LogP contribution is 2.36. The van der Waals surface area contributed by atoms with Crippen LogP contribution in [0.2, 0.25) is 5.02 Å². The molecule has 0 N–H and O–H groups in total. The average Bonchev–Trinajstić information content (AvgIpc) is 2.47. The fourth-order valence-electron chi connectivity index (χ4n) is 2.59. The molecule has 0 bridgehead atoms. The molecule has 1 aliphatic rings. The van der Waals surface area contributed by atoms with Crippen LogP contribution in [0.3, 0.4) is 0 Å². The summed E-state index contributed by atoms with van der Waals surface area (Å²) in [6.45, 7) is 3.37. The predicted octanol–water partition coefficient (Wildman–Crippen LogP) is 4.37. The van der Waals surface area contributed by atoms with E-state index < -0.39 is 34.9 Å². The first-order chi connectivity index (χ1) is 11.2. The minimum atomic E-state index is -2.91. The molecule has 1 aromatic heterocycles. The van der Waals surface area contributed by atoms with Crippen LogP contribution in [0.5, 0.6) is 0 Å². The Morgan fingerprint density at radius 3 is 2.71 bits per heavy atom. The van der Waals surface area contributed by atoms with Crippen molar-refractivity contribution < 1.29 is 22.7 Å². The second-order valence-corrected chi connectivity index (χ2v) is 6.41. The quantitative estimate of drug-likeness (QED) is 0.750. The Morgan fingerprint density at radius 2 is 2.04 bits per heavy atom. The highest BCUT2D eigenvalue weighted by Gasteiger charge is 2.35. The molecule has 0 unspecified atom stereocenters. The third-order valence-electron chi connectivity index (χ3n) is 3.62. The van der Waals surface area contributed by atoms with Gasteiger partial charge in [-0.1, -0.05) is 17.7 Å². The van der Waals surface area contributed by atoms with Gasteiger partial charge in [-0.25, -0.2) is 27.9 Å². The van der Waals surface area contributed by atoms with Crippen LogP contribution >= 0.6 is 11.6 Å². The molecule has 0 saturated heterocycles. The van der Waals surface area contributed by atoms with Gasteiger partial charge in [-0.2, -0.15) is 0 Å². The second-order valence-electron chi connectivity index (χ2n) is 6.00. The van der Waals surface area contributed by atoms with Gasteiger partial charge in [0.2, 0.25) is 0 Å². The van der Waals surface area contributed by atoms with E-state index in [1.165, 1.54) is 0 Å². The number of hydrogen-bond donors (Lipinski definition) is 0. The predicted molar refractivity (Wildman–Crippen MR) is 80.6 cm³/mol. The molecule has 0 atom stereocenters. The number of nitrogens with zero attached hydrogens (tertiary/aromatic N) is 2. The zero-order valence-corrected chi connectivity index (χ0v) is 13.5. The number of halogens is 4. The van der Waals surface area contributed by atoms with Crippen molar-refractivity contribution in [1.82, 2.24) is 9.97 Å². The number of aromatic nitrogens is 2. The fraction of sp³-hybridized carbons (Fsp3) is 0.312. The van der Waals surface area contributed by atoms with Crippen LogP contribution in [-0.4, -0.2) is 21.5 Å². The Balaban J connectivity index is 2.19. The number of carbonyl (C=O) groups is 1. The summed E-state index contributed by atoms with van der Waals surface area (Å²) in [6, 6.07) is 2.11. The number of alkyl halides is 2. The first-order valence-electron chi connectivity index (χ1n) is 7.05. The van der Waals surface area contributed by atoms with Gasteiger partial charge in [-0.15, -0.1) is 0 Å². The molecular weight excluding hydrogens is 345 g/mol. The Kier molecular flexibility index (Phi) is 3.99. The van der Waals surface area contributed by atoms with E-state index in [1.54, 1.807) is 13.8 Å². The lowest BCUT2D eigenvalue weighted by molar-refractivity contribution is -0.00812. The van der Waals surface area contributed by atoms with Crippen molar-refractivity contribution in [2.45, 2.75) is 32.3 Å². The molecule has 3 rings (SSSR count). The molecule has 8 heteroatoms. The molecule has 0 amide bonds. The molecule has 0 saturated carbocycles. The smallest absolute Gasteiger partial charge is 0.359 e. The maximum absolute atomic E-state index is 14.3. The summed E-state index contributed by atoms with van der Waals surface area (Å²) in [7, 11) is 0. The number of ether oxygens (including phenoxy) is 1. The molecule has 4 nitrogen and oxygen atoms in total. The topological polar surface area (TPSA) is 52.1 Å². The van der Waals surface area contributed by atoms with Crippen molar-refractivity contribution in [2.24, 2.45) is 0 Å². The maximum atomic E-state index is 14.3. The van der Waals surface area contributed by atoms with Gasteiger partial charge in [-0.3, -0.25) is 0 Å². The van der Waals surface area contributed by atoms with Crippen molar-refractivity contribution in [3.63, 3.8) is 0 Å². The van der Waals surface area contributed by atoms with E-state index in [9.17, 15) is 18.0 Å². The van der Waals surface area contributed by atoms with Gasteiger partial charge >= 0.3 is 5.97 Å². The van der Waals surface area contributed by atoms with Gasteiger partial charge in [0.1, 0.15) is 5.60 Å². The van der Waals surface area contributed by atoms with E-state index in [-0.39, 0.29) is 28.5 Å². The normalized spacial score (nSPS) is 16.0. The van der Waals surface area contributed by atoms with E-state index in [2.05, 4.69) is 9.97 Å². The van der Waals surface area contributed by atoms with Gasteiger partial charge in [-0.05, 0) is 19.9 Å². The first-order valence-corrected chi connectivity index (χ1v) is 7.43. The summed E-state index contributed by atoms with van der Waals surface area (Å²) < 4.78 is 46.0. The van der Waals surface area contributed by atoms with Gasteiger partial charge < -0.3 is 4.74 Å². The number of cyclic esters (lactones) is 1. The van der Waals surface area contributed by atoms with E-state index in [0.717, 1.165) is 18.3 Å². The Morgan fingerprint density at radius 1 is 1.33 bits per heavy atom. The zero-order valence-electron chi connectivity index (χ0n) is 12.7. The van der Waals surface area contributed by atoms with E-state index in [0.29, 0.717) is 0 Å². The molecule has 2 heterocycles. The first kappa shape index (κ1) is 16.7. The van der Waals surface area contributed by atoms with E-state index in [1.807, 2.05) is 0 Å². The lowest BCUT2D eigenvalue weighted by Gasteiger charge is -2.29. The Hall–Kier alpha value is -2.15. The SMILES string of the molecule is CC1(C)Cc2nc(-c3c(C(F)F)ccc(Cl)c3F)cnc2C(=O)O1. The molecular formula is C16H12ClF3N2O2. The van der Waals surface area contributed by atoms with E-state index >= 15 is 0 Å². The molecule has 126 valence electrons. The number of rotatable bonds is 2. The standard InChI is InChI=1S/C16H12ClF3N2O2/c1-16(2)5-9-13(15(23)24-16)21-6-10(22-9)11-7(14(19)20)3-4-8(17)12(11)18/h3-4,6,14H,5H2,1-2H3. The van der Waals surface area contributed by atoms with Crippen LogP contribution in [0.4, 0.5) is 13.2 Å². The maximum Gasteiger partial charge on any atom is 0.359 e. The largest absolute Gasteiger partial charge is 0.454 e. The number of carbonyl (C=O) groups excluding carboxylic acids is 1. The van der Waals surface area contributed by atoms with Crippen molar-refractivity contribution in [3.8, 4) is 11.3 Å². The van der Waals surface area contributed by atoms with Gasteiger partial charge in [0.15, 0.2) is 11.5 Å². The van der Waals surface area contributed by atoms with Crippen LogP contribution in [0.1, 0.15) is 42.0 Å². The van der Waals surface area contributed by atoms with Crippen molar-refractivity contribution in [1.29, 1.82) is 0 Å². The summed E-state index contributed by atoms with van der Waals surface area (Å²) in [6.07, 6.45) is -1.61. The van der Waals surface area contributed by atoms with Crippen LogP contribution in [0, 0.1) is 5.82 Å². The average molecular weight is 357 g/mol. The van der Waals surface area contributed by atoms with Crippen molar-refractivity contribution >= 4 is 17.6 Å². The zero-order chi connectivity index (χ0) is 17.6. The fourth-order valence-corrected chi connectivity index (χ4v) is 2.75. The number of benzene rings is 1. The third-order valence-corrected chi connectivity index (χ3v) is 3.91. The third kappa shape index (κ3) is 2.84. The lowest BCUT2D eigenvalue weighted by Crippen LogP contribution is -2.37. The van der Waals surface area contributed by atoms with Crippen molar-refractivity contribution in [2.75, 3.05) is 0 Å². The summed E-state index contributed by atoms with van der Waals surface area (Å²) in [5.41, 5.74) is -1.59. The molecule has 0 spiro atoms. The molecule has 0 aliphatic carbocycles. The van der Waals surface area contributed by atoms with Crippen LogP contribution in [0.25, 0.3) is 11.3 Å². The monoisotopic (exact) mass is 356 g/mol. The number of fused-ring (bicyclic) bond motifs is 1. The lowest BCUT2D eigenvalue weighted by atomic mass is 9.97. The molecule has 24 heavy (non-hydrogen) atoms. The molecule has 2 aromatic rings. The highest BCUT2D eigenvalue weighted by atomic mass is 35.5. The van der Waals surface area contributed by atoms with Crippen LogP contribution in [-0.2, 0) is 11.2 Å². The van der Waals surface area contributed by atoms with Gasteiger partial charge in [0.05, 0.1) is 22.6 Å². The molecule has 0 radical (unpaired) electrons. The second kappa shape index (κ2) is 5.73. The minimum absolute atomic E-state index is 0.000826. The van der Waals surface area contributed by atoms with Crippen LogP contribution < -0.4 is 0 Å². The van der Waals surface area contributed by atoms with Crippen LogP contribution in [0.15, 0.2) is 18.3 Å². The van der Waals surface area contributed by atoms with Gasteiger partial charge in [0, 0.05) is 17.5 Å². The molecule has 1 aliphatic heterocycles. The summed E-state index contributed by atoms with van der Waals surface area (Å²) >= 11 is 5.71. The van der Waals surface area contributed by atoms with Crippen molar-refractivity contribution in [3.05, 3.63) is 46.1 Å². The highest BCUT2D eigenvalue weighted by molar-refractivity contribution is 6.31.